The third-order valence-electron chi connectivity index (χ3n) is 2.13. The molecule has 3 N–H and O–H groups in total. The largest absolute Gasteiger partial charge is 0.358 e. The number of nitrogens with zero attached hydrogens (tertiary/aromatic N) is 3. The second-order valence-corrected chi connectivity index (χ2v) is 3.27. The molecule has 0 fully saturated rings. The normalized spacial score (nSPS) is 9.94. The Hall–Kier alpha value is -2.44. The van der Waals surface area contributed by atoms with Gasteiger partial charge < -0.3 is 15.6 Å². The summed E-state index contributed by atoms with van der Waals surface area (Å²) in [5, 5.41) is 5.37. The molecule has 0 aliphatic carbocycles. The second kappa shape index (κ2) is 5.06. The van der Waals surface area contributed by atoms with Crippen molar-refractivity contribution in [1.82, 2.24) is 25.3 Å². The van der Waals surface area contributed by atoms with Crippen LogP contribution in [0.15, 0.2) is 24.8 Å². The molecule has 0 radical (unpaired) electrons. The molecule has 0 bridgehead atoms. The summed E-state index contributed by atoms with van der Waals surface area (Å²) < 4.78 is 0. The first-order chi connectivity index (χ1) is 8.29. The lowest BCUT2D eigenvalue weighted by Crippen LogP contribution is -2.26. The van der Waals surface area contributed by atoms with Crippen molar-refractivity contribution >= 4 is 11.9 Å². The van der Waals surface area contributed by atoms with Gasteiger partial charge in [-0.2, -0.15) is 0 Å². The number of H-pyrrole nitrogens is 1. The van der Waals surface area contributed by atoms with Crippen LogP contribution in [0.1, 0.15) is 0 Å². The van der Waals surface area contributed by atoms with Crippen LogP contribution >= 0.6 is 0 Å². The van der Waals surface area contributed by atoms with E-state index in [4.69, 9.17) is 0 Å². The maximum absolute atomic E-state index is 11.0. The lowest BCUT2D eigenvalue weighted by Gasteiger charge is -2.00. The smallest absolute Gasteiger partial charge is 0.239 e. The van der Waals surface area contributed by atoms with Crippen molar-refractivity contribution in [3.8, 4) is 11.4 Å². The molecular weight excluding hydrogens is 220 g/mol. The summed E-state index contributed by atoms with van der Waals surface area (Å²) in [6.07, 6.45) is 4.77. The first kappa shape index (κ1) is 11.1. The van der Waals surface area contributed by atoms with Gasteiger partial charge in [-0.05, 0) is 6.07 Å². The maximum atomic E-state index is 11.0. The second-order valence-electron chi connectivity index (χ2n) is 3.27. The number of carbonyl (C=O) groups is 1. The molecule has 2 aromatic heterocycles. The molecule has 88 valence electrons. The molecule has 0 aromatic carbocycles. The van der Waals surface area contributed by atoms with Gasteiger partial charge in [0, 0.05) is 13.2 Å². The first-order valence-corrected chi connectivity index (χ1v) is 5.05. The van der Waals surface area contributed by atoms with Crippen LogP contribution in [0, 0.1) is 0 Å². The lowest BCUT2D eigenvalue weighted by molar-refractivity contribution is -0.118. The van der Waals surface area contributed by atoms with Crippen molar-refractivity contribution in [2.75, 3.05) is 18.9 Å². The quantitative estimate of drug-likeness (QED) is 0.691. The Labute approximate surface area is 97.7 Å². The van der Waals surface area contributed by atoms with Gasteiger partial charge in [-0.25, -0.2) is 15.0 Å². The monoisotopic (exact) mass is 232 g/mol. The van der Waals surface area contributed by atoms with Crippen LogP contribution in [0.3, 0.4) is 0 Å². The summed E-state index contributed by atoms with van der Waals surface area (Å²) in [5.74, 6) is 0.423. The van der Waals surface area contributed by atoms with Crippen molar-refractivity contribution in [2.24, 2.45) is 0 Å². The topological polar surface area (TPSA) is 95.6 Å². The van der Waals surface area contributed by atoms with Gasteiger partial charge in [-0.1, -0.05) is 0 Å². The summed E-state index contributed by atoms with van der Waals surface area (Å²) >= 11 is 0. The van der Waals surface area contributed by atoms with Crippen LogP contribution in [0.2, 0.25) is 0 Å². The minimum absolute atomic E-state index is 0.106. The summed E-state index contributed by atoms with van der Waals surface area (Å²) in [7, 11) is 1.58. The zero-order valence-electron chi connectivity index (χ0n) is 9.27. The Bertz CT molecular complexity index is 495. The van der Waals surface area contributed by atoms with E-state index in [1.807, 2.05) is 0 Å². The molecule has 17 heavy (non-hydrogen) atoms. The Kier molecular flexibility index (Phi) is 3.29. The molecule has 0 aliphatic heterocycles. The zero-order valence-corrected chi connectivity index (χ0v) is 9.27. The van der Waals surface area contributed by atoms with Crippen LogP contribution in [0.5, 0.6) is 0 Å². The van der Waals surface area contributed by atoms with E-state index in [2.05, 4.69) is 30.6 Å². The fourth-order valence-electron chi connectivity index (χ4n) is 1.24. The molecule has 2 rings (SSSR count). The number of hydrogen-bond acceptors (Lipinski definition) is 5. The Morgan fingerprint density at radius 3 is 3.06 bits per heavy atom. The van der Waals surface area contributed by atoms with E-state index in [-0.39, 0.29) is 12.5 Å². The van der Waals surface area contributed by atoms with E-state index >= 15 is 0 Å². The predicted molar refractivity (Wildman–Crippen MR) is 62.2 cm³/mol. The number of hydrogen-bond donors (Lipinski definition) is 3. The van der Waals surface area contributed by atoms with E-state index in [0.29, 0.717) is 5.95 Å². The number of carbonyl (C=O) groups excluding carboxylic acids is 1. The van der Waals surface area contributed by atoms with Gasteiger partial charge >= 0.3 is 0 Å². The van der Waals surface area contributed by atoms with E-state index in [1.54, 1.807) is 25.5 Å². The fourth-order valence-corrected chi connectivity index (χ4v) is 1.24. The predicted octanol–water partition coefficient (Wildman–Crippen LogP) is 0.0246. The van der Waals surface area contributed by atoms with Gasteiger partial charge in [0.15, 0.2) is 0 Å². The maximum Gasteiger partial charge on any atom is 0.239 e. The molecule has 1 amide bonds. The van der Waals surface area contributed by atoms with Crippen LogP contribution in [-0.4, -0.2) is 39.4 Å². The number of rotatable bonds is 4. The zero-order chi connectivity index (χ0) is 12.1. The van der Waals surface area contributed by atoms with Crippen molar-refractivity contribution in [1.29, 1.82) is 0 Å². The van der Waals surface area contributed by atoms with E-state index < -0.39 is 0 Å². The van der Waals surface area contributed by atoms with Crippen LogP contribution in [0.4, 0.5) is 5.95 Å². The molecule has 7 heteroatoms. The fraction of sp³-hybridized carbons (Fsp3) is 0.200. The molecule has 0 saturated heterocycles. The third kappa shape index (κ3) is 2.77. The molecule has 0 saturated carbocycles. The van der Waals surface area contributed by atoms with Crippen LogP contribution in [-0.2, 0) is 4.79 Å². The van der Waals surface area contributed by atoms with Crippen molar-refractivity contribution in [2.45, 2.75) is 0 Å². The van der Waals surface area contributed by atoms with Crippen LogP contribution in [0.25, 0.3) is 11.4 Å². The van der Waals surface area contributed by atoms with Gasteiger partial charge in [0.25, 0.3) is 0 Å². The highest BCUT2D eigenvalue weighted by Gasteiger charge is 2.04. The van der Waals surface area contributed by atoms with Gasteiger partial charge in [0.2, 0.25) is 11.9 Å². The number of aromatic amines is 1. The minimum atomic E-state index is -0.106. The van der Waals surface area contributed by atoms with Crippen molar-refractivity contribution < 1.29 is 4.79 Å². The lowest BCUT2D eigenvalue weighted by atomic mass is 10.3. The molecule has 0 spiro atoms. The molecule has 2 aromatic rings. The number of amides is 1. The minimum Gasteiger partial charge on any atom is -0.358 e. The highest BCUT2D eigenvalue weighted by atomic mass is 16.1. The number of imidazole rings is 1. The third-order valence-corrected chi connectivity index (χ3v) is 2.13. The summed E-state index contributed by atoms with van der Waals surface area (Å²) in [4.78, 5) is 26.1. The van der Waals surface area contributed by atoms with Gasteiger partial charge in [0.05, 0.1) is 24.1 Å². The van der Waals surface area contributed by atoms with E-state index in [1.165, 1.54) is 6.33 Å². The Morgan fingerprint density at radius 2 is 2.35 bits per heavy atom. The highest BCUT2D eigenvalue weighted by Crippen LogP contribution is 2.14. The van der Waals surface area contributed by atoms with Gasteiger partial charge in [-0.15, -0.1) is 0 Å². The molecule has 7 nitrogen and oxygen atoms in total. The summed E-state index contributed by atoms with van der Waals surface area (Å²) in [6.45, 7) is 0.174. The number of aromatic nitrogens is 4. The average Bonchev–Trinajstić information content (AvgIpc) is 2.86. The Balaban J connectivity index is 2.04. The van der Waals surface area contributed by atoms with Gasteiger partial charge in [0.1, 0.15) is 6.33 Å². The molecular formula is C10H12N6O. The molecule has 0 aliphatic rings. The average molecular weight is 232 g/mol. The molecule has 2 heterocycles. The number of likely N-dealkylation sites (N-methyl/N-ethyl adjacent to an activating group) is 1. The molecule has 0 unspecified atom stereocenters. The molecule has 0 atom stereocenters. The Morgan fingerprint density at radius 1 is 1.47 bits per heavy atom. The highest BCUT2D eigenvalue weighted by molar-refractivity contribution is 5.79. The summed E-state index contributed by atoms with van der Waals surface area (Å²) in [5.41, 5.74) is 1.52. The van der Waals surface area contributed by atoms with Crippen molar-refractivity contribution in [3.63, 3.8) is 0 Å². The van der Waals surface area contributed by atoms with E-state index in [0.717, 1.165) is 11.4 Å². The summed E-state index contributed by atoms with van der Waals surface area (Å²) in [6, 6.07) is 1.77. The standard InChI is InChI=1S/C10H12N6O/c1-11-9(17)5-14-10-13-4-8(16-10)7-2-3-12-6-15-7/h2-4,6H,5H2,1H3,(H,11,17)(H2,13,14,16). The first-order valence-electron chi connectivity index (χ1n) is 5.05. The number of nitrogens with one attached hydrogen (secondary N) is 3. The van der Waals surface area contributed by atoms with Gasteiger partial charge in [-0.3, -0.25) is 4.79 Å². The van der Waals surface area contributed by atoms with E-state index in [9.17, 15) is 4.79 Å². The van der Waals surface area contributed by atoms with Crippen molar-refractivity contribution in [3.05, 3.63) is 24.8 Å². The van der Waals surface area contributed by atoms with Crippen LogP contribution < -0.4 is 10.6 Å². The SMILES string of the molecule is CNC(=O)CNc1ncc(-c2ccncn2)[nH]1. The number of anilines is 1.